The lowest BCUT2D eigenvalue weighted by atomic mass is 10.2. The van der Waals surface area contributed by atoms with Crippen molar-refractivity contribution in [3.63, 3.8) is 0 Å². The zero-order chi connectivity index (χ0) is 28.3. The predicted octanol–water partition coefficient (Wildman–Crippen LogP) is 2.89. The van der Waals surface area contributed by atoms with Crippen LogP contribution in [-0.4, -0.2) is 83.5 Å². The summed E-state index contributed by atoms with van der Waals surface area (Å²) in [4.78, 5) is 36.0. The number of carbonyl (C=O) groups excluding carboxylic acids is 1. The third kappa shape index (κ3) is 6.02. The van der Waals surface area contributed by atoms with E-state index < -0.39 is 14.9 Å². The van der Waals surface area contributed by atoms with Gasteiger partial charge in [-0.1, -0.05) is 11.3 Å². The summed E-state index contributed by atoms with van der Waals surface area (Å²) in [7, 11) is -3.98. The monoisotopic (exact) mass is 583 g/mol. The second-order valence-corrected chi connectivity index (χ2v) is 11.7. The maximum absolute atomic E-state index is 13.2. The molecule has 1 fully saturated rings. The molecule has 5 rings (SSSR count). The number of thiazole rings is 1. The van der Waals surface area contributed by atoms with E-state index in [1.807, 2.05) is 0 Å². The van der Waals surface area contributed by atoms with Crippen LogP contribution in [0, 0.1) is 10.1 Å². The molecule has 13 nitrogen and oxygen atoms in total. The number of amides is 1. The van der Waals surface area contributed by atoms with E-state index in [2.05, 4.69) is 24.9 Å². The molecule has 2 aromatic heterocycles. The van der Waals surface area contributed by atoms with E-state index in [9.17, 15) is 23.3 Å². The highest BCUT2D eigenvalue weighted by Gasteiger charge is 2.24. The van der Waals surface area contributed by atoms with Gasteiger partial charge in [-0.15, -0.1) is 0 Å². The summed E-state index contributed by atoms with van der Waals surface area (Å²) < 4.78 is 28.8. The van der Waals surface area contributed by atoms with Crippen molar-refractivity contribution in [3.8, 4) is 0 Å². The van der Waals surface area contributed by atoms with Crippen LogP contribution < -0.4 is 10.0 Å². The number of β-amino-alcohol motifs (C(OH)–C–C–N with tert-alkyl or cyclic N) is 1. The number of nitro benzene ring substituents is 1. The number of aromatic nitrogens is 2. The zero-order valence-electron chi connectivity index (χ0n) is 21.1. The third-order valence-corrected chi connectivity index (χ3v) is 8.76. The molecule has 208 valence electrons. The number of hydrogen-bond acceptors (Lipinski definition) is 11. The number of non-ortho nitro benzene ring substituents is 1. The largest absolute Gasteiger partial charge is 0.395 e. The van der Waals surface area contributed by atoms with Crippen LogP contribution in [0.15, 0.2) is 65.7 Å². The number of pyridine rings is 1. The minimum atomic E-state index is -3.98. The van der Waals surface area contributed by atoms with E-state index in [0.29, 0.717) is 60.0 Å². The van der Waals surface area contributed by atoms with Crippen LogP contribution in [0.25, 0.3) is 10.2 Å². The highest BCUT2D eigenvalue weighted by Crippen LogP contribution is 2.31. The lowest BCUT2D eigenvalue weighted by molar-refractivity contribution is -0.384. The molecule has 4 aromatic rings. The lowest BCUT2D eigenvalue weighted by Gasteiger charge is -2.34. The number of fused-ring (bicyclic) bond motifs is 1. The number of nitro groups is 1. The van der Waals surface area contributed by atoms with Crippen molar-refractivity contribution in [2.24, 2.45) is 0 Å². The molecule has 15 heteroatoms. The number of aliphatic hydroxyl groups excluding tert-OH is 1. The van der Waals surface area contributed by atoms with Crippen LogP contribution in [0.4, 0.5) is 22.3 Å². The fraction of sp³-hybridized carbons (Fsp3) is 0.240. The Morgan fingerprint density at radius 1 is 1.10 bits per heavy atom. The number of piperazine rings is 1. The number of nitrogens with one attached hydrogen (secondary N) is 2. The molecule has 0 radical (unpaired) electrons. The number of nitrogens with zero attached hydrogens (tertiary/aromatic N) is 5. The SMILES string of the molecule is O=C(c1cccnc1Nc1ccc(S(=O)(=O)Nc2nc3ccc([N+](=O)[O-])cc3s2)cc1)N1CCN(CCO)CC1. The van der Waals surface area contributed by atoms with Gasteiger partial charge >= 0.3 is 0 Å². The summed E-state index contributed by atoms with van der Waals surface area (Å²) in [6.07, 6.45) is 1.56. The van der Waals surface area contributed by atoms with Crippen LogP contribution >= 0.6 is 11.3 Å². The number of anilines is 3. The van der Waals surface area contributed by atoms with Gasteiger partial charge in [-0.05, 0) is 42.5 Å². The first-order valence-corrected chi connectivity index (χ1v) is 14.6. The first kappa shape index (κ1) is 27.4. The smallest absolute Gasteiger partial charge is 0.270 e. The van der Waals surface area contributed by atoms with Gasteiger partial charge in [-0.3, -0.25) is 24.5 Å². The maximum Gasteiger partial charge on any atom is 0.270 e. The molecule has 1 amide bonds. The lowest BCUT2D eigenvalue weighted by Crippen LogP contribution is -2.49. The second kappa shape index (κ2) is 11.5. The summed E-state index contributed by atoms with van der Waals surface area (Å²) in [5.41, 5.74) is 1.27. The van der Waals surface area contributed by atoms with Crippen LogP contribution in [-0.2, 0) is 10.0 Å². The standard InChI is InChI=1S/C25H25N7O6S2/c33-15-14-30-10-12-31(13-11-30)24(34)20-2-1-9-26-23(20)27-17-3-6-19(7-4-17)40(37,38)29-25-28-21-8-5-18(32(35)36)16-22(21)39-25/h1-9,16,33H,10-15H2,(H,26,27)(H,28,29). The van der Waals surface area contributed by atoms with E-state index in [1.54, 1.807) is 35.4 Å². The number of rotatable bonds is 9. The van der Waals surface area contributed by atoms with Gasteiger partial charge < -0.3 is 15.3 Å². The fourth-order valence-corrected chi connectivity index (χ4v) is 6.40. The van der Waals surface area contributed by atoms with Crippen molar-refractivity contribution >= 4 is 59.8 Å². The Morgan fingerprint density at radius 2 is 1.85 bits per heavy atom. The van der Waals surface area contributed by atoms with E-state index >= 15 is 0 Å². The second-order valence-electron chi connectivity index (χ2n) is 8.94. The molecule has 0 spiro atoms. The van der Waals surface area contributed by atoms with E-state index in [-0.39, 0.29) is 28.2 Å². The van der Waals surface area contributed by atoms with Gasteiger partial charge in [0.25, 0.3) is 21.6 Å². The molecular weight excluding hydrogens is 558 g/mol. The molecular formula is C25H25N7O6S2. The average molecular weight is 584 g/mol. The molecule has 2 aromatic carbocycles. The van der Waals surface area contributed by atoms with Crippen LogP contribution in [0.1, 0.15) is 10.4 Å². The zero-order valence-corrected chi connectivity index (χ0v) is 22.7. The number of sulfonamides is 1. The number of carbonyl (C=O) groups is 1. The molecule has 1 saturated heterocycles. The van der Waals surface area contributed by atoms with Crippen molar-refractivity contribution in [3.05, 3.63) is 76.5 Å². The number of hydrogen-bond donors (Lipinski definition) is 3. The van der Waals surface area contributed by atoms with Crippen molar-refractivity contribution in [1.82, 2.24) is 19.8 Å². The normalized spacial score (nSPS) is 14.3. The molecule has 0 bridgehead atoms. The van der Waals surface area contributed by atoms with E-state index in [4.69, 9.17) is 5.11 Å². The Hall–Kier alpha value is -4.18. The average Bonchev–Trinajstić information content (AvgIpc) is 3.34. The van der Waals surface area contributed by atoms with Gasteiger partial charge in [0, 0.05) is 56.7 Å². The van der Waals surface area contributed by atoms with Gasteiger partial charge in [-0.2, -0.15) is 0 Å². The highest BCUT2D eigenvalue weighted by atomic mass is 32.2. The van der Waals surface area contributed by atoms with E-state index in [0.717, 1.165) is 11.3 Å². The summed E-state index contributed by atoms with van der Waals surface area (Å²) in [5, 5.41) is 23.3. The van der Waals surface area contributed by atoms with Crippen molar-refractivity contribution in [1.29, 1.82) is 0 Å². The highest BCUT2D eigenvalue weighted by molar-refractivity contribution is 7.93. The summed E-state index contributed by atoms with van der Waals surface area (Å²) >= 11 is 0.998. The summed E-state index contributed by atoms with van der Waals surface area (Å²) in [5.74, 6) is 0.186. The van der Waals surface area contributed by atoms with Crippen molar-refractivity contribution < 1.29 is 23.2 Å². The van der Waals surface area contributed by atoms with Crippen LogP contribution in [0.2, 0.25) is 0 Å². The minimum absolute atomic E-state index is 0.0126. The number of benzene rings is 2. The fourth-order valence-electron chi connectivity index (χ4n) is 4.26. The Morgan fingerprint density at radius 3 is 2.55 bits per heavy atom. The molecule has 1 aliphatic heterocycles. The molecule has 40 heavy (non-hydrogen) atoms. The van der Waals surface area contributed by atoms with Gasteiger partial charge in [0.2, 0.25) is 0 Å². The third-order valence-electron chi connectivity index (χ3n) is 6.35. The molecule has 0 unspecified atom stereocenters. The summed E-state index contributed by atoms with van der Waals surface area (Å²) in [6.45, 7) is 3.09. The topological polar surface area (TPSA) is 171 Å². The van der Waals surface area contributed by atoms with Crippen molar-refractivity contribution in [2.75, 3.05) is 49.4 Å². The Balaban J connectivity index is 1.27. The van der Waals surface area contributed by atoms with Crippen LogP contribution in [0.3, 0.4) is 0 Å². The minimum Gasteiger partial charge on any atom is -0.395 e. The molecule has 0 aliphatic carbocycles. The Bertz CT molecular complexity index is 1650. The molecule has 0 saturated carbocycles. The maximum atomic E-state index is 13.2. The first-order chi connectivity index (χ1) is 19.2. The van der Waals surface area contributed by atoms with Crippen molar-refractivity contribution in [2.45, 2.75) is 4.90 Å². The van der Waals surface area contributed by atoms with E-state index in [1.165, 1.54) is 30.3 Å². The quantitative estimate of drug-likeness (QED) is 0.197. The van der Waals surface area contributed by atoms with Gasteiger partial charge in [0.1, 0.15) is 5.82 Å². The molecule has 3 heterocycles. The first-order valence-electron chi connectivity index (χ1n) is 12.3. The van der Waals surface area contributed by atoms with Crippen LogP contribution in [0.5, 0.6) is 0 Å². The molecule has 3 N–H and O–H groups in total. The number of aliphatic hydroxyl groups is 1. The van der Waals surface area contributed by atoms with Gasteiger partial charge in [0.05, 0.1) is 32.2 Å². The van der Waals surface area contributed by atoms with Gasteiger partial charge in [-0.25, -0.2) is 18.4 Å². The predicted molar refractivity (Wildman–Crippen MR) is 150 cm³/mol. The molecule has 0 atom stereocenters. The Labute approximate surface area is 233 Å². The Kier molecular flexibility index (Phi) is 7.88. The molecule has 1 aliphatic rings. The van der Waals surface area contributed by atoms with Gasteiger partial charge in [0.15, 0.2) is 5.13 Å². The summed E-state index contributed by atoms with van der Waals surface area (Å²) in [6, 6.07) is 13.4.